The van der Waals surface area contributed by atoms with Crippen molar-refractivity contribution in [3.63, 3.8) is 0 Å². The van der Waals surface area contributed by atoms with Crippen LogP contribution in [-0.2, 0) is 12.4 Å². The summed E-state index contributed by atoms with van der Waals surface area (Å²) >= 11 is 0. The highest BCUT2D eigenvalue weighted by molar-refractivity contribution is 5.58. The van der Waals surface area contributed by atoms with Crippen LogP contribution in [0.1, 0.15) is 11.4 Å². The lowest BCUT2D eigenvalue weighted by Crippen LogP contribution is -2.18. The molecular formula is C11H5F6N3O. The van der Waals surface area contributed by atoms with Gasteiger partial charge in [0.05, 0.1) is 11.3 Å². The minimum atomic E-state index is -4.85. The number of hydrogen-bond acceptors (Lipinski definition) is 3. The van der Waals surface area contributed by atoms with Crippen LogP contribution in [0.15, 0.2) is 29.1 Å². The summed E-state index contributed by atoms with van der Waals surface area (Å²) in [6, 6.07) is 2.93. The van der Waals surface area contributed by atoms with Gasteiger partial charge in [0.15, 0.2) is 5.69 Å². The van der Waals surface area contributed by atoms with Crippen molar-refractivity contribution in [2.24, 2.45) is 0 Å². The van der Waals surface area contributed by atoms with Crippen molar-refractivity contribution in [3.05, 3.63) is 46.0 Å². The van der Waals surface area contributed by atoms with Crippen LogP contribution in [-0.4, -0.2) is 15.2 Å². The minimum Gasteiger partial charge on any atom is -0.267 e. The lowest BCUT2D eigenvalue weighted by atomic mass is 10.1. The molecule has 0 spiro atoms. The number of pyridine rings is 1. The molecule has 112 valence electrons. The molecule has 1 N–H and O–H groups in total. The maximum atomic E-state index is 12.5. The number of nitrogens with one attached hydrogen (secondary N) is 1. The van der Waals surface area contributed by atoms with Crippen LogP contribution in [0.3, 0.4) is 0 Å². The molecule has 0 aliphatic carbocycles. The normalized spacial score (nSPS) is 12.5. The van der Waals surface area contributed by atoms with Crippen molar-refractivity contribution < 1.29 is 26.3 Å². The van der Waals surface area contributed by atoms with E-state index in [9.17, 15) is 31.1 Å². The largest absolute Gasteiger partial charge is 0.435 e. The van der Waals surface area contributed by atoms with Gasteiger partial charge in [-0.05, 0) is 18.2 Å². The SMILES string of the molecule is O=c1[nH]nc(C(F)(F)F)cc1-c1cccc(C(F)(F)F)n1. The molecule has 2 rings (SSSR count). The summed E-state index contributed by atoms with van der Waals surface area (Å²) in [4.78, 5) is 14.6. The number of hydrogen-bond donors (Lipinski definition) is 1. The molecule has 0 saturated heterocycles. The van der Waals surface area contributed by atoms with Crippen molar-refractivity contribution in [1.29, 1.82) is 0 Å². The summed E-state index contributed by atoms with van der Waals surface area (Å²) in [5.41, 5.74) is -5.00. The van der Waals surface area contributed by atoms with Crippen molar-refractivity contribution in [2.45, 2.75) is 12.4 Å². The number of alkyl halides is 6. The fourth-order valence-corrected chi connectivity index (χ4v) is 1.48. The molecule has 0 aliphatic rings. The summed E-state index contributed by atoms with van der Waals surface area (Å²) in [5, 5.41) is 4.38. The molecule has 0 aliphatic heterocycles. The predicted octanol–water partition coefficient (Wildman–Crippen LogP) is 2.87. The Bertz CT molecular complexity index is 719. The number of H-pyrrole nitrogens is 1. The number of rotatable bonds is 1. The Hall–Kier alpha value is -2.39. The van der Waals surface area contributed by atoms with Gasteiger partial charge in [-0.15, -0.1) is 0 Å². The second-order valence-corrected chi connectivity index (χ2v) is 3.90. The van der Waals surface area contributed by atoms with E-state index < -0.39 is 40.6 Å². The Balaban J connectivity index is 2.60. The Kier molecular flexibility index (Phi) is 3.47. The van der Waals surface area contributed by atoms with Gasteiger partial charge in [-0.25, -0.2) is 10.1 Å². The Morgan fingerprint density at radius 1 is 0.952 bits per heavy atom. The van der Waals surface area contributed by atoms with Crippen LogP contribution in [0.4, 0.5) is 26.3 Å². The molecule has 0 bridgehead atoms. The average Bonchev–Trinajstić information content (AvgIpc) is 2.37. The lowest BCUT2D eigenvalue weighted by molar-refractivity contribution is -0.142. The second-order valence-electron chi connectivity index (χ2n) is 3.90. The first-order valence-corrected chi connectivity index (χ1v) is 5.30. The monoisotopic (exact) mass is 309 g/mol. The fraction of sp³-hybridized carbons (Fsp3) is 0.182. The molecule has 2 heterocycles. The predicted molar refractivity (Wildman–Crippen MR) is 58.1 cm³/mol. The van der Waals surface area contributed by atoms with E-state index in [-0.39, 0.29) is 0 Å². The van der Waals surface area contributed by atoms with Crippen LogP contribution >= 0.6 is 0 Å². The Morgan fingerprint density at radius 2 is 1.57 bits per heavy atom. The van der Waals surface area contributed by atoms with E-state index in [1.165, 1.54) is 0 Å². The molecule has 21 heavy (non-hydrogen) atoms. The number of aromatic nitrogens is 3. The van der Waals surface area contributed by atoms with E-state index in [1.54, 1.807) is 5.10 Å². The summed E-state index contributed by atoms with van der Waals surface area (Å²) < 4.78 is 75.0. The highest BCUT2D eigenvalue weighted by Crippen LogP contribution is 2.30. The average molecular weight is 309 g/mol. The maximum absolute atomic E-state index is 12.5. The van der Waals surface area contributed by atoms with Gasteiger partial charge in [0.25, 0.3) is 5.56 Å². The first-order chi connectivity index (χ1) is 9.59. The number of aromatic amines is 1. The zero-order valence-corrected chi connectivity index (χ0v) is 9.88. The molecule has 0 fully saturated rings. The Morgan fingerprint density at radius 3 is 2.14 bits per heavy atom. The summed E-state index contributed by atoms with van der Waals surface area (Å²) in [6.45, 7) is 0. The van der Waals surface area contributed by atoms with E-state index >= 15 is 0 Å². The standard InChI is InChI=1S/C11H5F6N3O/c12-10(13,14)7-3-1-2-6(18-7)5-4-8(11(15,16)17)19-20-9(5)21/h1-4H,(H,20,21). The first-order valence-electron chi connectivity index (χ1n) is 5.30. The number of nitrogens with zero attached hydrogens (tertiary/aromatic N) is 2. The molecular weight excluding hydrogens is 304 g/mol. The van der Waals surface area contributed by atoms with E-state index in [2.05, 4.69) is 10.1 Å². The zero-order valence-electron chi connectivity index (χ0n) is 9.88. The highest BCUT2D eigenvalue weighted by atomic mass is 19.4. The van der Waals surface area contributed by atoms with Gasteiger partial charge in [-0.1, -0.05) is 6.07 Å². The molecule has 0 aromatic carbocycles. The molecule has 0 amide bonds. The molecule has 2 aromatic heterocycles. The van der Waals surface area contributed by atoms with E-state index in [0.717, 1.165) is 12.1 Å². The van der Waals surface area contributed by atoms with Crippen LogP contribution < -0.4 is 5.56 Å². The van der Waals surface area contributed by atoms with E-state index in [1.807, 2.05) is 0 Å². The van der Waals surface area contributed by atoms with Gasteiger partial charge in [-0.3, -0.25) is 4.79 Å². The molecule has 0 unspecified atom stereocenters. The fourth-order valence-electron chi connectivity index (χ4n) is 1.48. The summed E-state index contributed by atoms with van der Waals surface area (Å²) in [5.74, 6) is 0. The van der Waals surface area contributed by atoms with Crippen LogP contribution in [0, 0.1) is 0 Å². The third kappa shape index (κ3) is 3.20. The van der Waals surface area contributed by atoms with Crippen LogP contribution in [0.25, 0.3) is 11.3 Å². The highest BCUT2D eigenvalue weighted by Gasteiger charge is 2.35. The Labute approximate surface area is 112 Å². The van der Waals surface area contributed by atoms with Crippen molar-refractivity contribution in [2.75, 3.05) is 0 Å². The number of halogens is 6. The van der Waals surface area contributed by atoms with Crippen LogP contribution in [0.2, 0.25) is 0 Å². The smallest absolute Gasteiger partial charge is 0.267 e. The molecule has 0 atom stereocenters. The van der Waals surface area contributed by atoms with Crippen molar-refractivity contribution in [3.8, 4) is 11.3 Å². The van der Waals surface area contributed by atoms with Gasteiger partial charge < -0.3 is 0 Å². The van der Waals surface area contributed by atoms with Crippen molar-refractivity contribution >= 4 is 0 Å². The van der Waals surface area contributed by atoms with Gasteiger partial charge in [-0.2, -0.15) is 31.4 Å². The van der Waals surface area contributed by atoms with Gasteiger partial charge in [0.1, 0.15) is 5.69 Å². The van der Waals surface area contributed by atoms with Crippen molar-refractivity contribution in [1.82, 2.24) is 15.2 Å². The summed E-state index contributed by atoms with van der Waals surface area (Å²) in [6.07, 6.45) is -9.62. The zero-order chi connectivity index (χ0) is 15.8. The molecule has 2 aromatic rings. The van der Waals surface area contributed by atoms with Gasteiger partial charge >= 0.3 is 12.4 Å². The third-order valence-electron chi connectivity index (χ3n) is 2.41. The molecule has 4 nitrogen and oxygen atoms in total. The molecule has 10 heteroatoms. The topological polar surface area (TPSA) is 58.6 Å². The lowest BCUT2D eigenvalue weighted by Gasteiger charge is -2.09. The van der Waals surface area contributed by atoms with Gasteiger partial charge in [0.2, 0.25) is 0 Å². The van der Waals surface area contributed by atoms with Crippen LogP contribution in [0.5, 0.6) is 0 Å². The molecule has 0 radical (unpaired) electrons. The minimum absolute atomic E-state index is 0.349. The summed E-state index contributed by atoms with van der Waals surface area (Å²) in [7, 11) is 0. The van der Waals surface area contributed by atoms with Gasteiger partial charge in [0, 0.05) is 0 Å². The second kappa shape index (κ2) is 4.86. The van der Waals surface area contributed by atoms with E-state index in [4.69, 9.17) is 0 Å². The third-order valence-corrected chi connectivity index (χ3v) is 2.41. The molecule has 0 saturated carbocycles. The van der Waals surface area contributed by atoms with E-state index in [0.29, 0.717) is 12.1 Å². The first kappa shape index (κ1) is 15.0. The maximum Gasteiger partial charge on any atom is 0.435 e. The quantitative estimate of drug-likeness (QED) is 0.824.